The zero-order valence-electron chi connectivity index (χ0n) is 6.00. The zero-order valence-corrected chi connectivity index (χ0v) is 6.00. The van der Waals surface area contributed by atoms with Crippen molar-refractivity contribution < 1.29 is 65.7 Å². The van der Waals surface area contributed by atoms with E-state index in [0.717, 1.165) is 0 Å². The average Bonchev–Trinajstić information content (AvgIpc) is 0. The molecule has 0 saturated carbocycles. The molecule has 0 atom stereocenters. The fourth-order valence-corrected chi connectivity index (χ4v) is 0. The molecule has 0 aromatic carbocycles. The fraction of sp³-hybridized carbons (Fsp3) is 0. The summed E-state index contributed by atoms with van der Waals surface area (Å²) in [5.74, 6) is 0. The van der Waals surface area contributed by atoms with E-state index in [2.05, 4.69) is 0 Å². The van der Waals surface area contributed by atoms with E-state index in [9.17, 15) is 0 Å². The summed E-state index contributed by atoms with van der Waals surface area (Å²) in [4.78, 5) is 0. The predicted octanol–water partition coefficient (Wildman–Crippen LogP) is -21.7. The lowest BCUT2D eigenvalue weighted by molar-refractivity contribution is 0.823. The van der Waals surface area contributed by atoms with Crippen LogP contribution in [0, 0.1) is 0 Å². The van der Waals surface area contributed by atoms with Crippen LogP contribution in [0.4, 0.5) is 0 Å². The SMILES string of the molecule is O.O.O.O.O.O.O.O.O.O.O.O.[AlH3].[AlH3].[AlH3].[AlH3].[AlH3].[AlH3].[AlH3].[AlH3].[AlH3].[AlH3]. The largest absolute Gasteiger partial charge is 0.412 e. The van der Waals surface area contributed by atoms with Crippen LogP contribution in [-0.4, -0.2) is 239 Å². The molecule has 24 N–H and O–H groups in total. The Bertz CT molecular complexity index is 21.9. The van der Waals surface area contributed by atoms with E-state index in [0.29, 0.717) is 0 Å². The van der Waals surface area contributed by atoms with Gasteiger partial charge in [-0.25, -0.2) is 0 Å². The van der Waals surface area contributed by atoms with Crippen LogP contribution in [0.5, 0.6) is 0 Å². The molecule has 0 amide bonds. The summed E-state index contributed by atoms with van der Waals surface area (Å²) < 4.78 is 0. The van der Waals surface area contributed by atoms with Crippen LogP contribution in [0.1, 0.15) is 0 Å². The summed E-state index contributed by atoms with van der Waals surface area (Å²) in [5, 5.41) is 0. The number of hydrogen-bond acceptors (Lipinski definition) is 0. The number of rotatable bonds is 0. The van der Waals surface area contributed by atoms with Crippen LogP contribution < -0.4 is 0 Å². The van der Waals surface area contributed by atoms with E-state index in [4.69, 9.17) is 0 Å². The first-order chi connectivity index (χ1) is 0. The van der Waals surface area contributed by atoms with Crippen molar-refractivity contribution in [2.75, 3.05) is 0 Å². The molecule has 0 aromatic rings. The third-order valence-electron chi connectivity index (χ3n) is 0. The van der Waals surface area contributed by atoms with Crippen molar-refractivity contribution in [1.29, 1.82) is 0 Å². The molecule has 0 unspecified atom stereocenters. The highest BCUT2D eigenvalue weighted by Crippen LogP contribution is -0.277. The van der Waals surface area contributed by atoms with Gasteiger partial charge in [-0.05, 0) is 0 Å². The van der Waals surface area contributed by atoms with E-state index >= 15 is 0 Å². The summed E-state index contributed by atoms with van der Waals surface area (Å²) in [6.07, 6.45) is 0. The van der Waals surface area contributed by atoms with Gasteiger partial charge in [0, 0.05) is 0 Å². The van der Waals surface area contributed by atoms with Gasteiger partial charge < -0.3 is 65.7 Å². The molecule has 0 fully saturated rings. The third kappa shape index (κ3) is 602. The molecule has 0 spiro atoms. The molecule has 0 radical (unpaired) electrons. The Hall–Kier alpha value is 4.84. The highest BCUT2D eigenvalue weighted by Gasteiger charge is 0.196. The van der Waals surface area contributed by atoms with Gasteiger partial charge in [-0.2, -0.15) is 0 Å². The molecule has 156 valence electrons. The Morgan fingerprint density at radius 3 is 0.0909 bits per heavy atom. The van der Waals surface area contributed by atoms with E-state index in [1.54, 1.807) is 0 Å². The van der Waals surface area contributed by atoms with Crippen LogP contribution in [0.2, 0.25) is 0 Å². The highest BCUT2D eigenvalue weighted by molar-refractivity contribution is 5.76. The van der Waals surface area contributed by atoms with Gasteiger partial charge in [-0.1, -0.05) is 0 Å². The Labute approximate surface area is 236 Å². The van der Waals surface area contributed by atoms with Crippen LogP contribution in [0.15, 0.2) is 0 Å². The lowest BCUT2D eigenvalue weighted by Crippen LogP contribution is -0.382. The van der Waals surface area contributed by atoms with Crippen molar-refractivity contribution in [3.63, 3.8) is 0 Å². The first kappa shape index (κ1) is 764. The molecule has 12 nitrogen and oxygen atoms in total. The van der Waals surface area contributed by atoms with Gasteiger partial charge in [0.1, 0.15) is 0 Å². The Morgan fingerprint density at radius 1 is 0.0909 bits per heavy atom. The second-order valence-electron chi connectivity index (χ2n) is 0. The first-order valence-electron chi connectivity index (χ1n) is 0. The van der Waals surface area contributed by atoms with Crippen molar-refractivity contribution in [3.05, 3.63) is 0 Å². The van der Waals surface area contributed by atoms with Gasteiger partial charge >= 0.3 is 0 Å². The minimum atomic E-state index is 0. The van der Waals surface area contributed by atoms with Gasteiger partial charge in [0.2, 0.25) is 0 Å². The van der Waals surface area contributed by atoms with E-state index < -0.39 is 0 Å². The summed E-state index contributed by atoms with van der Waals surface area (Å²) in [7, 11) is 0. The van der Waals surface area contributed by atoms with Crippen LogP contribution in [0.3, 0.4) is 0 Å². The highest BCUT2D eigenvalue weighted by atomic mass is 27.0. The van der Waals surface area contributed by atoms with E-state index in [1.807, 2.05) is 0 Å². The molecule has 0 aliphatic carbocycles. The Balaban J connectivity index is 0. The van der Waals surface area contributed by atoms with Crippen LogP contribution in [0.25, 0.3) is 0 Å². The second kappa shape index (κ2) is 680. The smallest absolute Gasteiger partial charge is 0.187 e. The number of hydrogen-bond donors (Lipinski definition) is 0. The van der Waals surface area contributed by atoms with Gasteiger partial charge in [-0.3, -0.25) is 0 Å². The minimum absolute atomic E-state index is 0. The maximum Gasteiger partial charge on any atom is 0.187 e. The van der Waals surface area contributed by atoms with Crippen molar-refractivity contribution in [2.24, 2.45) is 0 Å². The molecule has 22 heavy (non-hydrogen) atoms. The Morgan fingerprint density at radius 2 is 0.0909 bits per heavy atom. The van der Waals surface area contributed by atoms with Crippen molar-refractivity contribution >= 4 is 174 Å². The maximum atomic E-state index is 0. The zero-order chi connectivity index (χ0) is 0. The quantitative estimate of drug-likeness (QED) is 0.271. The average molecular weight is 516 g/mol. The monoisotopic (exact) mass is 516 g/mol. The van der Waals surface area contributed by atoms with Crippen LogP contribution >= 0.6 is 0 Å². The molecule has 22 heteroatoms. The van der Waals surface area contributed by atoms with Crippen molar-refractivity contribution in [3.8, 4) is 0 Å². The summed E-state index contributed by atoms with van der Waals surface area (Å²) in [5.41, 5.74) is 0. The normalized spacial score (nSPS) is 0. The predicted molar refractivity (Wildman–Crippen MR) is 143 cm³/mol. The standard InChI is InChI=1S/10Al.12H2O.30H/h;;;;;;;;;;12*1H2;;;;;;;;;;;;;;;;;;;;;;;;;;;;;;. The molecule has 0 aliphatic rings. The maximum absolute atomic E-state index is 0. The molecular weight excluding hydrogens is 462 g/mol. The fourth-order valence-electron chi connectivity index (χ4n) is 0. The van der Waals surface area contributed by atoms with Gasteiger partial charge in [0.25, 0.3) is 0 Å². The van der Waals surface area contributed by atoms with Crippen molar-refractivity contribution in [2.45, 2.75) is 0 Å². The molecule has 0 bridgehead atoms. The Kier molecular flexibility index (Phi) is 23600. The van der Waals surface area contributed by atoms with Gasteiger partial charge in [0.05, 0.1) is 0 Å². The lowest BCUT2D eigenvalue weighted by Gasteiger charge is -0.413. The summed E-state index contributed by atoms with van der Waals surface area (Å²) in [6, 6.07) is 0. The third-order valence-corrected chi connectivity index (χ3v) is 0. The lowest BCUT2D eigenvalue weighted by atomic mass is 16.0. The van der Waals surface area contributed by atoms with Gasteiger partial charge in [0.15, 0.2) is 174 Å². The van der Waals surface area contributed by atoms with E-state index in [1.165, 1.54) is 0 Å². The van der Waals surface area contributed by atoms with Crippen LogP contribution in [-0.2, 0) is 0 Å². The topological polar surface area (TPSA) is 378 Å². The second-order valence-corrected chi connectivity index (χ2v) is 0. The molecule has 0 rings (SSSR count). The van der Waals surface area contributed by atoms with Crippen molar-refractivity contribution in [1.82, 2.24) is 0 Å². The molecule has 0 aliphatic heterocycles. The minimum Gasteiger partial charge on any atom is -0.412 e. The first-order valence-corrected chi connectivity index (χ1v) is 0. The molecular formula is H54Al10O12. The molecule has 0 heterocycles. The summed E-state index contributed by atoms with van der Waals surface area (Å²) in [6.45, 7) is 0. The molecule has 0 saturated heterocycles. The molecule has 0 aromatic heterocycles. The van der Waals surface area contributed by atoms with Gasteiger partial charge in [-0.15, -0.1) is 0 Å². The summed E-state index contributed by atoms with van der Waals surface area (Å²) >= 11 is 0. The van der Waals surface area contributed by atoms with E-state index in [-0.39, 0.29) is 239 Å².